The monoisotopic (exact) mass is 426 g/mol. The summed E-state index contributed by atoms with van der Waals surface area (Å²) in [5.41, 5.74) is 1.36. The molecule has 0 aliphatic heterocycles. The van der Waals surface area contributed by atoms with Gasteiger partial charge in [0.25, 0.3) is 0 Å². The SMILES string of the molecule is CCC[CH2][Sn]([CH2]CCC)([CH2]CCC)[c]1cnc(N(C)C)c(C)c1. The molecule has 1 rings (SSSR count). The third-order valence-corrected chi connectivity index (χ3v) is 20.6. The molecule has 0 fully saturated rings. The van der Waals surface area contributed by atoms with Crippen molar-refractivity contribution in [2.24, 2.45) is 0 Å². The van der Waals surface area contributed by atoms with Gasteiger partial charge in [-0.3, -0.25) is 0 Å². The molecule has 2 nitrogen and oxygen atoms in total. The molecule has 0 amide bonds. The van der Waals surface area contributed by atoms with Crippen molar-refractivity contribution in [3.63, 3.8) is 0 Å². The second kappa shape index (κ2) is 10.6. The summed E-state index contributed by atoms with van der Waals surface area (Å²) >= 11 is -2.30. The number of aromatic nitrogens is 1. The van der Waals surface area contributed by atoms with Crippen LogP contribution in [0.15, 0.2) is 12.3 Å². The number of unbranched alkanes of at least 4 members (excludes halogenated alkanes) is 3. The Bertz CT molecular complexity index is 435. The van der Waals surface area contributed by atoms with Gasteiger partial charge in [-0.15, -0.1) is 0 Å². The fourth-order valence-corrected chi connectivity index (χ4v) is 19.6. The van der Waals surface area contributed by atoms with Crippen LogP contribution in [0.4, 0.5) is 5.82 Å². The first-order chi connectivity index (χ1) is 11.0. The first-order valence-corrected chi connectivity index (χ1v) is 17.1. The summed E-state index contributed by atoms with van der Waals surface area (Å²) in [4.78, 5) is 6.99. The van der Waals surface area contributed by atoms with Gasteiger partial charge < -0.3 is 0 Å². The van der Waals surface area contributed by atoms with Gasteiger partial charge in [-0.2, -0.15) is 0 Å². The Balaban J connectivity index is 3.20. The van der Waals surface area contributed by atoms with E-state index in [-0.39, 0.29) is 0 Å². The summed E-state index contributed by atoms with van der Waals surface area (Å²) in [6.07, 6.45) is 10.5. The maximum absolute atomic E-state index is 4.85. The van der Waals surface area contributed by atoms with Gasteiger partial charge in [-0.1, -0.05) is 0 Å². The standard InChI is InChI=1S/C8H11N2.3C4H9.Sn/c1-7-5-4-6-9-8(7)10(2)3;3*1-3-4-2;/h5-6H,1-3H3;3*1,3-4H2,2H3;. The molecule has 0 saturated carbocycles. The zero-order chi connectivity index (χ0) is 17.3. The number of nitrogens with zero attached hydrogens (tertiary/aromatic N) is 2. The summed E-state index contributed by atoms with van der Waals surface area (Å²) in [5, 5.41) is 0. The molecule has 0 aliphatic rings. The zero-order valence-electron chi connectivity index (χ0n) is 16.4. The predicted molar refractivity (Wildman–Crippen MR) is 108 cm³/mol. The summed E-state index contributed by atoms with van der Waals surface area (Å²) in [6.45, 7) is 9.26. The topological polar surface area (TPSA) is 16.1 Å². The van der Waals surface area contributed by atoms with E-state index in [9.17, 15) is 0 Å². The van der Waals surface area contributed by atoms with Crippen molar-refractivity contribution < 1.29 is 0 Å². The van der Waals surface area contributed by atoms with E-state index in [1.807, 2.05) is 0 Å². The molecule has 0 unspecified atom stereocenters. The minimum atomic E-state index is -2.30. The van der Waals surface area contributed by atoms with E-state index in [1.165, 1.54) is 57.4 Å². The molecule has 0 spiro atoms. The first-order valence-electron chi connectivity index (χ1n) is 9.65. The molecule has 0 saturated heterocycles. The van der Waals surface area contributed by atoms with Crippen molar-refractivity contribution in [1.82, 2.24) is 4.98 Å². The van der Waals surface area contributed by atoms with Crippen LogP contribution in [0.25, 0.3) is 0 Å². The van der Waals surface area contributed by atoms with E-state index in [0.29, 0.717) is 0 Å². The Morgan fingerprint density at radius 2 is 1.39 bits per heavy atom. The number of rotatable bonds is 11. The Morgan fingerprint density at radius 1 is 0.913 bits per heavy atom. The number of pyridine rings is 1. The van der Waals surface area contributed by atoms with Gasteiger partial charge in [0, 0.05) is 0 Å². The molecule has 1 aromatic rings. The molecule has 23 heavy (non-hydrogen) atoms. The van der Waals surface area contributed by atoms with E-state index >= 15 is 0 Å². The number of hydrogen-bond donors (Lipinski definition) is 0. The minimum absolute atomic E-state index is 1.13. The van der Waals surface area contributed by atoms with Gasteiger partial charge in [0.15, 0.2) is 0 Å². The van der Waals surface area contributed by atoms with Gasteiger partial charge >= 0.3 is 149 Å². The van der Waals surface area contributed by atoms with Gasteiger partial charge in [0.05, 0.1) is 0 Å². The van der Waals surface area contributed by atoms with Crippen LogP contribution in [0, 0.1) is 6.92 Å². The second-order valence-electron chi connectivity index (χ2n) is 7.35. The molecule has 0 bridgehead atoms. The fraction of sp³-hybridized carbons (Fsp3) is 0.750. The van der Waals surface area contributed by atoms with E-state index in [0.717, 1.165) is 5.82 Å². The summed E-state index contributed by atoms with van der Waals surface area (Å²) < 4.78 is 6.26. The molecule has 132 valence electrons. The Labute approximate surface area is 149 Å². The average Bonchev–Trinajstić information content (AvgIpc) is 2.54. The third kappa shape index (κ3) is 5.95. The second-order valence-corrected chi connectivity index (χ2v) is 20.6. The quantitative estimate of drug-likeness (QED) is 0.435. The Hall–Kier alpha value is -0.251. The maximum atomic E-state index is 4.85. The van der Waals surface area contributed by atoms with Crippen LogP contribution in [0.3, 0.4) is 0 Å². The van der Waals surface area contributed by atoms with Crippen LogP contribution in [0.5, 0.6) is 0 Å². The summed E-state index contributed by atoms with van der Waals surface area (Å²) in [7, 11) is 4.19. The Morgan fingerprint density at radius 3 is 1.74 bits per heavy atom. The van der Waals surface area contributed by atoms with Crippen LogP contribution >= 0.6 is 0 Å². The average molecular weight is 425 g/mol. The van der Waals surface area contributed by atoms with Crippen LogP contribution in [0.1, 0.15) is 64.9 Å². The van der Waals surface area contributed by atoms with Crippen molar-refractivity contribution in [1.29, 1.82) is 0 Å². The first kappa shape index (κ1) is 20.8. The summed E-state index contributed by atoms with van der Waals surface area (Å²) in [6, 6.07) is 2.51. The van der Waals surface area contributed by atoms with Crippen molar-refractivity contribution >= 4 is 27.8 Å². The van der Waals surface area contributed by atoms with E-state index in [2.05, 4.69) is 59.0 Å². The van der Waals surface area contributed by atoms with E-state index in [1.54, 1.807) is 3.58 Å². The van der Waals surface area contributed by atoms with E-state index in [4.69, 9.17) is 4.98 Å². The Kier molecular flexibility index (Phi) is 9.56. The van der Waals surface area contributed by atoms with Crippen molar-refractivity contribution in [2.75, 3.05) is 19.0 Å². The number of anilines is 1. The fourth-order valence-electron chi connectivity index (χ4n) is 3.68. The van der Waals surface area contributed by atoms with Crippen LogP contribution in [-0.2, 0) is 0 Å². The van der Waals surface area contributed by atoms with Gasteiger partial charge in [-0.25, -0.2) is 0 Å². The number of hydrogen-bond acceptors (Lipinski definition) is 2. The molecular formula is C20H38N2Sn. The number of aryl methyl sites for hydroxylation is 1. The van der Waals surface area contributed by atoms with Gasteiger partial charge in [0.2, 0.25) is 0 Å². The van der Waals surface area contributed by atoms with Crippen molar-refractivity contribution in [3.8, 4) is 0 Å². The third-order valence-electron chi connectivity index (χ3n) is 5.11. The molecule has 0 aromatic carbocycles. The van der Waals surface area contributed by atoms with Crippen LogP contribution in [0.2, 0.25) is 13.3 Å². The van der Waals surface area contributed by atoms with Crippen LogP contribution < -0.4 is 8.48 Å². The molecule has 0 N–H and O–H groups in total. The van der Waals surface area contributed by atoms with Crippen molar-refractivity contribution in [3.05, 3.63) is 17.8 Å². The molecular weight excluding hydrogens is 387 g/mol. The predicted octanol–water partition coefficient (Wildman–Crippen LogP) is 5.51. The zero-order valence-corrected chi connectivity index (χ0v) is 19.3. The molecule has 0 aliphatic carbocycles. The molecule has 0 atom stereocenters. The van der Waals surface area contributed by atoms with Gasteiger partial charge in [0.1, 0.15) is 0 Å². The van der Waals surface area contributed by atoms with Gasteiger partial charge in [-0.05, 0) is 0 Å². The van der Waals surface area contributed by atoms with Crippen LogP contribution in [-0.4, -0.2) is 37.5 Å². The summed E-state index contributed by atoms with van der Waals surface area (Å²) in [5.74, 6) is 1.13. The molecule has 1 aromatic heterocycles. The van der Waals surface area contributed by atoms with E-state index < -0.39 is 18.4 Å². The molecule has 1 heterocycles. The van der Waals surface area contributed by atoms with Crippen molar-refractivity contribution in [2.45, 2.75) is 79.5 Å². The molecule has 0 radical (unpaired) electrons. The molecule has 3 heteroatoms. The normalized spacial score (nSPS) is 11.7.